The molecule has 0 spiro atoms. The van der Waals surface area contributed by atoms with Crippen molar-refractivity contribution in [1.29, 1.82) is 0 Å². The maximum Gasteiger partial charge on any atom is 0.161 e. The number of thiophene rings is 1. The molecule has 0 atom stereocenters. The highest BCUT2D eigenvalue weighted by molar-refractivity contribution is 7.17. The SMILES string of the molecule is Cc1cc(C)cc(-c2nc(Cl)c3sccc3n2)c1. The predicted molar refractivity (Wildman–Crippen MR) is 77.3 cm³/mol. The van der Waals surface area contributed by atoms with Crippen molar-refractivity contribution in [2.45, 2.75) is 13.8 Å². The normalized spacial score (nSPS) is 11.1. The van der Waals surface area contributed by atoms with Gasteiger partial charge in [0.1, 0.15) is 0 Å². The Kier molecular flexibility index (Phi) is 2.80. The van der Waals surface area contributed by atoms with Crippen molar-refractivity contribution >= 4 is 33.2 Å². The lowest BCUT2D eigenvalue weighted by atomic mass is 10.1. The molecule has 0 aliphatic rings. The third kappa shape index (κ3) is 2.00. The van der Waals surface area contributed by atoms with Gasteiger partial charge in [-0.25, -0.2) is 9.97 Å². The van der Waals surface area contributed by atoms with Gasteiger partial charge in [-0.2, -0.15) is 0 Å². The van der Waals surface area contributed by atoms with Crippen LogP contribution in [0.2, 0.25) is 5.15 Å². The van der Waals surface area contributed by atoms with Crippen LogP contribution in [0.5, 0.6) is 0 Å². The fraction of sp³-hybridized carbons (Fsp3) is 0.143. The van der Waals surface area contributed by atoms with Crippen LogP contribution in [0.25, 0.3) is 21.6 Å². The van der Waals surface area contributed by atoms with Gasteiger partial charge in [0, 0.05) is 5.56 Å². The molecule has 0 aliphatic heterocycles. The number of rotatable bonds is 1. The molecule has 0 amide bonds. The Morgan fingerprint density at radius 3 is 2.50 bits per heavy atom. The molecule has 3 aromatic rings. The number of halogens is 1. The number of nitrogens with zero attached hydrogens (tertiary/aromatic N) is 2. The summed E-state index contributed by atoms with van der Waals surface area (Å²) in [7, 11) is 0. The molecule has 0 fully saturated rings. The molecule has 4 heteroatoms. The lowest BCUT2D eigenvalue weighted by molar-refractivity contribution is 1.22. The van der Waals surface area contributed by atoms with E-state index in [0.29, 0.717) is 11.0 Å². The summed E-state index contributed by atoms with van der Waals surface area (Å²) < 4.78 is 0.949. The van der Waals surface area contributed by atoms with Crippen molar-refractivity contribution in [3.63, 3.8) is 0 Å². The Hall–Kier alpha value is -1.45. The molecular weight excluding hydrogens is 264 g/mol. The number of aryl methyl sites for hydroxylation is 2. The average molecular weight is 275 g/mol. The van der Waals surface area contributed by atoms with Crippen molar-refractivity contribution < 1.29 is 0 Å². The van der Waals surface area contributed by atoms with Crippen molar-refractivity contribution in [2.75, 3.05) is 0 Å². The molecule has 1 aromatic carbocycles. The second-order valence-corrected chi connectivity index (χ2v) is 5.62. The Morgan fingerprint density at radius 1 is 1.06 bits per heavy atom. The van der Waals surface area contributed by atoms with Crippen LogP contribution in [-0.4, -0.2) is 9.97 Å². The first-order valence-corrected chi connectivity index (χ1v) is 6.88. The van der Waals surface area contributed by atoms with Crippen LogP contribution in [0, 0.1) is 13.8 Å². The average Bonchev–Trinajstić information content (AvgIpc) is 2.76. The zero-order chi connectivity index (χ0) is 12.7. The molecule has 2 heterocycles. The standard InChI is InChI=1S/C14H11ClN2S/c1-8-5-9(2)7-10(6-8)14-16-11-3-4-18-12(11)13(15)17-14/h3-7H,1-2H3. The van der Waals surface area contributed by atoms with E-state index < -0.39 is 0 Å². The minimum atomic E-state index is 0.532. The maximum absolute atomic E-state index is 6.19. The van der Waals surface area contributed by atoms with E-state index in [9.17, 15) is 0 Å². The summed E-state index contributed by atoms with van der Waals surface area (Å²) in [6, 6.07) is 8.27. The van der Waals surface area contributed by atoms with Crippen LogP contribution < -0.4 is 0 Å². The molecule has 2 aromatic heterocycles. The zero-order valence-electron chi connectivity index (χ0n) is 10.1. The summed E-state index contributed by atoms with van der Waals surface area (Å²) in [6.07, 6.45) is 0. The van der Waals surface area contributed by atoms with E-state index >= 15 is 0 Å². The molecule has 0 aliphatic carbocycles. The van der Waals surface area contributed by atoms with Crippen LogP contribution in [0.1, 0.15) is 11.1 Å². The Bertz CT molecular complexity index is 713. The quantitative estimate of drug-likeness (QED) is 0.605. The van der Waals surface area contributed by atoms with Crippen molar-refractivity contribution in [2.24, 2.45) is 0 Å². The van der Waals surface area contributed by atoms with Gasteiger partial charge in [0.2, 0.25) is 0 Å². The number of aromatic nitrogens is 2. The summed E-state index contributed by atoms with van der Waals surface area (Å²) in [6.45, 7) is 4.14. The molecule has 2 nitrogen and oxygen atoms in total. The third-order valence-corrected chi connectivity index (χ3v) is 4.04. The van der Waals surface area contributed by atoms with Gasteiger partial charge < -0.3 is 0 Å². The largest absolute Gasteiger partial charge is 0.227 e. The minimum Gasteiger partial charge on any atom is -0.227 e. The van der Waals surface area contributed by atoms with Crippen LogP contribution in [0.4, 0.5) is 0 Å². The second-order valence-electron chi connectivity index (χ2n) is 4.35. The molecule has 0 saturated carbocycles. The number of hydrogen-bond acceptors (Lipinski definition) is 3. The number of fused-ring (bicyclic) bond motifs is 1. The van der Waals surface area contributed by atoms with Gasteiger partial charge in [0.05, 0.1) is 10.2 Å². The second kappa shape index (κ2) is 4.34. The molecule has 0 N–H and O–H groups in total. The van der Waals surface area contributed by atoms with Gasteiger partial charge in [-0.3, -0.25) is 0 Å². The molecule has 0 saturated heterocycles. The molecule has 0 radical (unpaired) electrons. The molecule has 90 valence electrons. The first kappa shape index (κ1) is 11.6. The molecular formula is C14H11ClN2S. The number of hydrogen-bond donors (Lipinski definition) is 0. The van der Waals surface area contributed by atoms with Crippen LogP contribution in [0.3, 0.4) is 0 Å². The fourth-order valence-corrected chi connectivity index (χ4v) is 3.08. The maximum atomic E-state index is 6.19. The molecule has 18 heavy (non-hydrogen) atoms. The third-order valence-electron chi connectivity index (χ3n) is 2.74. The monoisotopic (exact) mass is 274 g/mol. The highest BCUT2D eigenvalue weighted by Gasteiger charge is 2.09. The molecule has 3 rings (SSSR count). The zero-order valence-corrected chi connectivity index (χ0v) is 11.6. The van der Waals surface area contributed by atoms with Gasteiger partial charge >= 0.3 is 0 Å². The fourth-order valence-electron chi connectivity index (χ4n) is 2.06. The summed E-state index contributed by atoms with van der Waals surface area (Å²) in [4.78, 5) is 8.95. The highest BCUT2D eigenvalue weighted by Crippen LogP contribution is 2.29. The highest BCUT2D eigenvalue weighted by atomic mass is 35.5. The van der Waals surface area contributed by atoms with Gasteiger partial charge in [-0.1, -0.05) is 28.8 Å². The van der Waals surface area contributed by atoms with Crippen LogP contribution >= 0.6 is 22.9 Å². The summed E-state index contributed by atoms with van der Waals surface area (Å²) >= 11 is 7.76. The van der Waals surface area contributed by atoms with E-state index in [0.717, 1.165) is 15.8 Å². The van der Waals surface area contributed by atoms with Crippen molar-refractivity contribution in [1.82, 2.24) is 9.97 Å². The van der Waals surface area contributed by atoms with Gasteiger partial charge in [0.15, 0.2) is 11.0 Å². The predicted octanol–water partition coefficient (Wildman–Crippen LogP) is 4.63. The summed E-state index contributed by atoms with van der Waals surface area (Å²) in [5.74, 6) is 0.692. The van der Waals surface area contributed by atoms with E-state index in [-0.39, 0.29) is 0 Å². The van der Waals surface area contributed by atoms with Gasteiger partial charge in [-0.05, 0) is 37.4 Å². The van der Waals surface area contributed by atoms with Crippen molar-refractivity contribution in [3.05, 3.63) is 45.9 Å². The summed E-state index contributed by atoms with van der Waals surface area (Å²) in [5.41, 5.74) is 4.34. The minimum absolute atomic E-state index is 0.532. The van der Waals surface area contributed by atoms with E-state index in [4.69, 9.17) is 11.6 Å². The summed E-state index contributed by atoms with van der Waals surface area (Å²) in [5, 5.41) is 2.51. The smallest absolute Gasteiger partial charge is 0.161 e. The molecule has 0 bridgehead atoms. The van der Waals surface area contributed by atoms with Gasteiger partial charge in [0.25, 0.3) is 0 Å². The lowest BCUT2D eigenvalue weighted by Gasteiger charge is -2.04. The first-order valence-electron chi connectivity index (χ1n) is 5.63. The van der Waals surface area contributed by atoms with E-state index in [2.05, 4.69) is 42.0 Å². The Morgan fingerprint density at radius 2 is 1.78 bits per heavy atom. The lowest BCUT2D eigenvalue weighted by Crippen LogP contribution is -1.91. The Labute approximate surface area is 114 Å². The van der Waals surface area contributed by atoms with E-state index in [1.54, 1.807) is 11.3 Å². The molecule has 0 unspecified atom stereocenters. The van der Waals surface area contributed by atoms with E-state index in [1.165, 1.54) is 11.1 Å². The Balaban J connectivity index is 2.24. The van der Waals surface area contributed by atoms with Crippen molar-refractivity contribution in [3.8, 4) is 11.4 Å². The number of benzene rings is 1. The first-order chi connectivity index (χ1) is 8.63. The van der Waals surface area contributed by atoms with Crippen LogP contribution in [0.15, 0.2) is 29.6 Å². The van der Waals surface area contributed by atoms with E-state index in [1.807, 2.05) is 11.4 Å². The topological polar surface area (TPSA) is 25.8 Å². The van der Waals surface area contributed by atoms with Gasteiger partial charge in [-0.15, -0.1) is 11.3 Å². The van der Waals surface area contributed by atoms with Crippen LogP contribution in [-0.2, 0) is 0 Å².